The zero-order valence-corrected chi connectivity index (χ0v) is 15.4. The van der Waals surface area contributed by atoms with Crippen molar-refractivity contribution in [1.82, 2.24) is 5.32 Å². The molecule has 0 aliphatic heterocycles. The third kappa shape index (κ3) is 5.20. The van der Waals surface area contributed by atoms with Crippen LogP contribution in [-0.4, -0.2) is 16.9 Å². The fourth-order valence-corrected chi connectivity index (χ4v) is 2.73. The zero-order valence-electron chi connectivity index (χ0n) is 14.6. The lowest BCUT2D eigenvalue weighted by atomic mass is 10.0. The normalized spacial score (nSPS) is 12.9. The molecule has 0 saturated heterocycles. The average molecular weight is 377 g/mol. The Labute approximate surface area is 157 Å². The highest BCUT2D eigenvalue weighted by molar-refractivity contribution is 6.30. The van der Waals surface area contributed by atoms with Crippen molar-refractivity contribution in [1.29, 1.82) is 0 Å². The van der Waals surface area contributed by atoms with Crippen LogP contribution >= 0.6 is 11.6 Å². The van der Waals surface area contributed by atoms with Gasteiger partial charge in [-0.1, -0.05) is 55.3 Å². The van der Waals surface area contributed by atoms with Crippen LogP contribution in [0, 0.1) is 10.1 Å². The van der Waals surface area contributed by atoms with Gasteiger partial charge in [-0.2, -0.15) is 0 Å². The van der Waals surface area contributed by atoms with E-state index in [1.54, 1.807) is 6.92 Å². The standard InChI is InChI=1S/C19H21ClN2O4/c1-3-7-16(14-8-5-4-6-9-14)21-19(23)13(2)26-18-11-10-15(20)12-17(18)22(24)25/h4-6,8-13,16H,3,7H2,1-2H3,(H,21,23)/t13-,16+/m1/s1. The molecule has 2 aromatic carbocycles. The summed E-state index contributed by atoms with van der Waals surface area (Å²) in [5.41, 5.74) is 0.734. The first kappa shape index (κ1) is 19.7. The van der Waals surface area contributed by atoms with Gasteiger partial charge in [0.15, 0.2) is 11.9 Å². The van der Waals surface area contributed by atoms with Gasteiger partial charge >= 0.3 is 5.69 Å². The number of halogens is 1. The molecule has 0 spiro atoms. The monoisotopic (exact) mass is 376 g/mol. The molecule has 1 amide bonds. The highest BCUT2D eigenvalue weighted by Gasteiger charge is 2.23. The van der Waals surface area contributed by atoms with Crippen LogP contribution < -0.4 is 10.1 Å². The number of nitro groups is 1. The van der Waals surface area contributed by atoms with Crippen LogP contribution in [0.25, 0.3) is 0 Å². The molecule has 0 unspecified atom stereocenters. The number of benzene rings is 2. The van der Waals surface area contributed by atoms with Crippen LogP contribution in [0.4, 0.5) is 5.69 Å². The van der Waals surface area contributed by atoms with Gasteiger partial charge in [-0.15, -0.1) is 0 Å². The highest BCUT2D eigenvalue weighted by Crippen LogP contribution is 2.30. The Morgan fingerprint density at radius 2 is 1.96 bits per heavy atom. The molecule has 138 valence electrons. The molecule has 0 aromatic heterocycles. The quantitative estimate of drug-likeness (QED) is 0.536. The first-order chi connectivity index (χ1) is 12.4. The van der Waals surface area contributed by atoms with Gasteiger partial charge in [-0.25, -0.2) is 0 Å². The molecule has 0 aliphatic carbocycles. The van der Waals surface area contributed by atoms with Gasteiger partial charge in [0.25, 0.3) is 5.91 Å². The summed E-state index contributed by atoms with van der Waals surface area (Å²) in [4.78, 5) is 23.1. The third-order valence-electron chi connectivity index (χ3n) is 3.89. The lowest BCUT2D eigenvalue weighted by Gasteiger charge is -2.21. The van der Waals surface area contributed by atoms with Crippen molar-refractivity contribution in [2.24, 2.45) is 0 Å². The van der Waals surface area contributed by atoms with Crippen molar-refractivity contribution in [2.75, 3.05) is 0 Å². The van der Waals surface area contributed by atoms with Crippen LogP contribution in [0.5, 0.6) is 5.75 Å². The topological polar surface area (TPSA) is 81.5 Å². The SMILES string of the molecule is CCC[C@H](NC(=O)[C@@H](C)Oc1ccc(Cl)cc1[N+](=O)[O-])c1ccccc1. The van der Waals surface area contributed by atoms with Crippen molar-refractivity contribution in [3.05, 3.63) is 69.2 Å². The van der Waals surface area contributed by atoms with Gasteiger partial charge in [-0.05, 0) is 31.0 Å². The Morgan fingerprint density at radius 1 is 1.27 bits per heavy atom. The Kier molecular flexibility index (Phi) is 6.97. The minimum atomic E-state index is -0.891. The van der Waals surface area contributed by atoms with Crippen LogP contribution in [-0.2, 0) is 4.79 Å². The van der Waals surface area contributed by atoms with Gasteiger partial charge in [0, 0.05) is 11.1 Å². The second-order valence-electron chi connectivity index (χ2n) is 5.89. The maximum Gasteiger partial charge on any atom is 0.312 e. The number of amides is 1. The maximum absolute atomic E-state index is 12.5. The summed E-state index contributed by atoms with van der Waals surface area (Å²) in [5.74, 6) is -0.328. The van der Waals surface area contributed by atoms with Crippen LogP contribution in [0.1, 0.15) is 38.3 Å². The first-order valence-electron chi connectivity index (χ1n) is 8.38. The van der Waals surface area contributed by atoms with E-state index in [2.05, 4.69) is 5.32 Å². The zero-order chi connectivity index (χ0) is 19.1. The summed E-state index contributed by atoms with van der Waals surface area (Å²) in [6.45, 7) is 3.60. The highest BCUT2D eigenvalue weighted by atomic mass is 35.5. The number of nitrogens with zero attached hydrogens (tertiary/aromatic N) is 1. The van der Waals surface area contributed by atoms with Crippen molar-refractivity contribution < 1.29 is 14.5 Å². The van der Waals surface area contributed by atoms with E-state index in [0.29, 0.717) is 0 Å². The summed E-state index contributed by atoms with van der Waals surface area (Å²) >= 11 is 5.79. The average Bonchev–Trinajstić information content (AvgIpc) is 2.63. The molecular weight excluding hydrogens is 356 g/mol. The minimum Gasteiger partial charge on any atom is -0.474 e. The van der Waals surface area contributed by atoms with Gasteiger partial charge in [0.1, 0.15) is 0 Å². The molecule has 6 nitrogen and oxygen atoms in total. The van der Waals surface area contributed by atoms with E-state index in [0.717, 1.165) is 18.4 Å². The molecule has 26 heavy (non-hydrogen) atoms. The number of rotatable bonds is 8. The summed E-state index contributed by atoms with van der Waals surface area (Å²) in [6, 6.07) is 13.6. The molecule has 0 fully saturated rings. The molecule has 7 heteroatoms. The van der Waals surface area contributed by atoms with Gasteiger partial charge in [0.05, 0.1) is 11.0 Å². The Balaban J connectivity index is 2.10. The van der Waals surface area contributed by atoms with Crippen LogP contribution in [0.3, 0.4) is 0 Å². The molecule has 2 rings (SSSR count). The van der Waals surface area contributed by atoms with Gasteiger partial charge in [-0.3, -0.25) is 14.9 Å². The first-order valence-corrected chi connectivity index (χ1v) is 8.76. The number of ether oxygens (including phenoxy) is 1. The molecule has 0 bridgehead atoms. The van der Waals surface area contributed by atoms with Gasteiger partial charge < -0.3 is 10.1 Å². The van der Waals surface area contributed by atoms with Gasteiger partial charge in [0.2, 0.25) is 0 Å². The number of hydrogen-bond donors (Lipinski definition) is 1. The van der Waals surface area contributed by atoms with E-state index in [4.69, 9.17) is 16.3 Å². The minimum absolute atomic E-state index is 0.00815. The van der Waals surface area contributed by atoms with Crippen molar-refractivity contribution in [3.63, 3.8) is 0 Å². The molecule has 0 aliphatic rings. The summed E-state index contributed by atoms with van der Waals surface area (Å²) < 4.78 is 5.53. The molecule has 0 heterocycles. The Morgan fingerprint density at radius 3 is 2.58 bits per heavy atom. The number of nitro benzene ring substituents is 1. The predicted octanol–water partition coefficient (Wildman–Crippen LogP) is 4.67. The number of carbonyl (C=O) groups excluding carboxylic acids is 1. The van der Waals surface area contributed by atoms with E-state index in [1.807, 2.05) is 37.3 Å². The molecular formula is C19H21ClN2O4. The predicted molar refractivity (Wildman–Crippen MR) is 100 cm³/mol. The van der Waals surface area contributed by atoms with Crippen molar-refractivity contribution >= 4 is 23.2 Å². The third-order valence-corrected chi connectivity index (χ3v) is 4.12. The van der Waals surface area contributed by atoms with E-state index >= 15 is 0 Å². The second kappa shape index (κ2) is 9.20. The summed E-state index contributed by atoms with van der Waals surface area (Å²) in [6.07, 6.45) is 0.791. The second-order valence-corrected chi connectivity index (χ2v) is 6.33. The summed E-state index contributed by atoms with van der Waals surface area (Å²) in [7, 11) is 0. The van der Waals surface area contributed by atoms with E-state index in [1.165, 1.54) is 18.2 Å². The Bertz CT molecular complexity index is 767. The number of carbonyl (C=O) groups is 1. The number of nitrogens with one attached hydrogen (secondary N) is 1. The molecule has 0 saturated carbocycles. The molecule has 2 aromatic rings. The molecule has 0 radical (unpaired) electrons. The van der Waals surface area contributed by atoms with E-state index in [-0.39, 0.29) is 28.4 Å². The fourth-order valence-electron chi connectivity index (χ4n) is 2.56. The lowest BCUT2D eigenvalue weighted by molar-refractivity contribution is -0.386. The van der Waals surface area contributed by atoms with E-state index < -0.39 is 11.0 Å². The van der Waals surface area contributed by atoms with Crippen LogP contribution in [0.15, 0.2) is 48.5 Å². The Hall–Kier alpha value is -2.60. The molecule has 1 N–H and O–H groups in total. The van der Waals surface area contributed by atoms with Crippen molar-refractivity contribution in [2.45, 2.75) is 38.8 Å². The maximum atomic E-state index is 12.5. The fraction of sp³-hybridized carbons (Fsp3) is 0.316. The van der Waals surface area contributed by atoms with Crippen molar-refractivity contribution in [3.8, 4) is 5.75 Å². The number of hydrogen-bond acceptors (Lipinski definition) is 4. The van der Waals surface area contributed by atoms with E-state index in [9.17, 15) is 14.9 Å². The largest absolute Gasteiger partial charge is 0.474 e. The molecule has 2 atom stereocenters. The lowest BCUT2D eigenvalue weighted by Crippen LogP contribution is -2.38. The summed E-state index contributed by atoms with van der Waals surface area (Å²) in [5, 5.41) is 14.3. The van der Waals surface area contributed by atoms with Crippen LogP contribution in [0.2, 0.25) is 5.02 Å². The smallest absolute Gasteiger partial charge is 0.312 e.